The smallest absolute Gasteiger partial charge is 0.220 e. The average Bonchev–Trinajstić information content (AvgIpc) is 3.23. The van der Waals surface area contributed by atoms with Crippen molar-refractivity contribution in [2.75, 3.05) is 40.0 Å². The van der Waals surface area contributed by atoms with E-state index in [1.807, 2.05) is 12.1 Å². The molecule has 2 heterocycles. The number of rotatable bonds is 7. The number of hydrogen-bond donors (Lipinski definition) is 1. The van der Waals surface area contributed by atoms with Gasteiger partial charge in [0.1, 0.15) is 5.75 Å². The molecule has 5 heteroatoms. The lowest BCUT2D eigenvalue weighted by molar-refractivity contribution is -0.122. The Morgan fingerprint density at radius 3 is 3.04 bits per heavy atom. The summed E-state index contributed by atoms with van der Waals surface area (Å²) in [5.41, 5.74) is 1.29. The van der Waals surface area contributed by atoms with Gasteiger partial charge in [-0.05, 0) is 24.8 Å². The highest BCUT2D eigenvalue weighted by Gasteiger charge is 2.50. The van der Waals surface area contributed by atoms with Crippen molar-refractivity contribution in [2.24, 2.45) is 17.3 Å². The van der Waals surface area contributed by atoms with Crippen molar-refractivity contribution in [1.29, 1.82) is 0 Å². The summed E-state index contributed by atoms with van der Waals surface area (Å²) in [5.74, 6) is 2.30. The van der Waals surface area contributed by atoms with Crippen molar-refractivity contribution in [3.05, 3.63) is 29.8 Å². The van der Waals surface area contributed by atoms with Crippen LogP contribution in [0, 0.1) is 17.3 Å². The molecule has 2 atom stereocenters. The van der Waals surface area contributed by atoms with E-state index < -0.39 is 0 Å². The number of carbonyl (C=O) groups excluding carboxylic acids is 1. The molecule has 1 amide bonds. The molecular formula is C20H28N2O3. The van der Waals surface area contributed by atoms with Crippen LogP contribution in [0.5, 0.6) is 5.75 Å². The first kappa shape index (κ1) is 16.9. The Hall–Kier alpha value is -1.59. The average molecular weight is 344 g/mol. The van der Waals surface area contributed by atoms with Crippen molar-refractivity contribution < 1.29 is 14.3 Å². The Kier molecular flexibility index (Phi) is 4.69. The van der Waals surface area contributed by atoms with Crippen molar-refractivity contribution in [2.45, 2.75) is 25.8 Å². The van der Waals surface area contributed by atoms with Crippen LogP contribution in [0.4, 0.5) is 0 Å². The monoisotopic (exact) mass is 344 g/mol. The highest BCUT2D eigenvalue weighted by Crippen LogP contribution is 2.42. The number of fused-ring (bicyclic) bond motifs is 1. The SMILES string of the molecule is COc1ccccc1CN1C[C@@H]2COC[C@]2(CNC(=O)CC2CC2)C1. The first-order valence-electron chi connectivity index (χ1n) is 9.37. The molecule has 5 nitrogen and oxygen atoms in total. The normalized spacial score (nSPS) is 28.8. The fourth-order valence-electron chi connectivity index (χ4n) is 4.32. The van der Waals surface area contributed by atoms with Crippen LogP contribution < -0.4 is 10.1 Å². The molecule has 25 heavy (non-hydrogen) atoms. The molecule has 0 bridgehead atoms. The van der Waals surface area contributed by atoms with Crippen LogP contribution in [-0.4, -0.2) is 50.8 Å². The van der Waals surface area contributed by atoms with E-state index in [1.54, 1.807) is 7.11 Å². The van der Waals surface area contributed by atoms with E-state index in [9.17, 15) is 4.79 Å². The van der Waals surface area contributed by atoms with Gasteiger partial charge in [-0.2, -0.15) is 0 Å². The molecule has 0 spiro atoms. The van der Waals surface area contributed by atoms with Gasteiger partial charge in [0.2, 0.25) is 5.91 Å². The minimum atomic E-state index is 0.0707. The zero-order chi connectivity index (χ0) is 17.3. The molecule has 0 unspecified atom stereocenters. The lowest BCUT2D eigenvalue weighted by Gasteiger charge is -2.28. The second-order valence-corrected chi connectivity index (χ2v) is 7.98. The molecule has 2 saturated heterocycles. The fraction of sp³-hybridized carbons (Fsp3) is 0.650. The van der Waals surface area contributed by atoms with Gasteiger partial charge in [-0.1, -0.05) is 18.2 Å². The van der Waals surface area contributed by atoms with Crippen LogP contribution in [-0.2, 0) is 16.1 Å². The molecule has 2 aliphatic heterocycles. The summed E-state index contributed by atoms with van der Waals surface area (Å²) < 4.78 is 11.3. The van der Waals surface area contributed by atoms with Gasteiger partial charge in [0.15, 0.2) is 0 Å². The van der Waals surface area contributed by atoms with Crippen LogP contribution in [0.2, 0.25) is 0 Å². The minimum absolute atomic E-state index is 0.0707. The van der Waals surface area contributed by atoms with Gasteiger partial charge in [0.25, 0.3) is 0 Å². The molecule has 3 aliphatic rings. The maximum atomic E-state index is 12.1. The third-order valence-electron chi connectivity index (χ3n) is 5.99. The molecule has 1 saturated carbocycles. The number of nitrogens with one attached hydrogen (secondary N) is 1. The summed E-state index contributed by atoms with van der Waals surface area (Å²) in [6, 6.07) is 8.22. The van der Waals surface area contributed by atoms with Crippen LogP contribution in [0.25, 0.3) is 0 Å². The molecule has 1 N–H and O–H groups in total. The number of methoxy groups -OCH3 is 1. The Morgan fingerprint density at radius 1 is 1.40 bits per heavy atom. The van der Waals surface area contributed by atoms with E-state index in [1.165, 1.54) is 18.4 Å². The topological polar surface area (TPSA) is 50.8 Å². The van der Waals surface area contributed by atoms with Crippen molar-refractivity contribution in [3.63, 3.8) is 0 Å². The van der Waals surface area contributed by atoms with E-state index >= 15 is 0 Å². The molecule has 0 aromatic heterocycles. The minimum Gasteiger partial charge on any atom is -0.496 e. The summed E-state index contributed by atoms with van der Waals surface area (Å²) >= 11 is 0. The molecule has 1 aromatic rings. The second kappa shape index (κ2) is 6.96. The van der Waals surface area contributed by atoms with Gasteiger partial charge < -0.3 is 14.8 Å². The molecular weight excluding hydrogens is 316 g/mol. The van der Waals surface area contributed by atoms with Gasteiger partial charge in [-0.15, -0.1) is 0 Å². The summed E-state index contributed by atoms with van der Waals surface area (Å²) in [4.78, 5) is 14.6. The van der Waals surface area contributed by atoms with Crippen LogP contribution in [0.1, 0.15) is 24.8 Å². The number of nitrogens with zero attached hydrogens (tertiary/aromatic N) is 1. The fourth-order valence-corrected chi connectivity index (χ4v) is 4.32. The number of para-hydroxylation sites is 1. The quantitative estimate of drug-likeness (QED) is 0.823. The molecule has 1 aliphatic carbocycles. The van der Waals surface area contributed by atoms with Gasteiger partial charge >= 0.3 is 0 Å². The zero-order valence-electron chi connectivity index (χ0n) is 15.0. The molecule has 1 aromatic carbocycles. The van der Waals surface area contributed by atoms with Gasteiger partial charge in [-0.3, -0.25) is 9.69 Å². The standard InChI is InChI=1S/C20H28N2O3/c1-24-18-5-3-2-4-16(18)9-22-10-17-11-25-14-20(17,13-22)12-21-19(23)8-15-6-7-15/h2-5,15,17H,6-14H2,1H3,(H,21,23)/t17-,20+/m1/s1. The van der Waals surface area contributed by atoms with Gasteiger partial charge in [-0.25, -0.2) is 0 Å². The van der Waals surface area contributed by atoms with E-state index in [-0.39, 0.29) is 11.3 Å². The third-order valence-corrected chi connectivity index (χ3v) is 5.99. The summed E-state index contributed by atoms with van der Waals surface area (Å²) in [6.07, 6.45) is 3.14. The number of benzene rings is 1. The Bertz CT molecular complexity index is 631. The summed E-state index contributed by atoms with van der Waals surface area (Å²) in [5, 5.41) is 3.19. The molecule has 0 radical (unpaired) electrons. The van der Waals surface area contributed by atoms with E-state index in [2.05, 4.69) is 22.3 Å². The highest BCUT2D eigenvalue weighted by molar-refractivity contribution is 5.76. The van der Waals surface area contributed by atoms with Gasteiger partial charge in [0.05, 0.1) is 20.3 Å². The Morgan fingerprint density at radius 2 is 2.24 bits per heavy atom. The highest BCUT2D eigenvalue weighted by atomic mass is 16.5. The Balaban J connectivity index is 1.38. The maximum Gasteiger partial charge on any atom is 0.220 e. The Labute approximate surface area is 149 Å². The maximum absolute atomic E-state index is 12.1. The van der Waals surface area contributed by atoms with Gasteiger partial charge in [0, 0.05) is 49.5 Å². The first-order valence-corrected chi connectivity index (χ1v) is 9.37. The van der Waals surface area contributed by atoms with Crippen molar-refractivity contribution in [1.82, 2.24) is 10.2 Å². The summed E-state index contributed by atoms with van der Waals surface area (Å²) in [6.45, 7) is 5.19. The third kappa shape index (κ3) is 3.67. The molecule has 3 fully saturated rings. The van der Waals surface area contributed by atoms with E-state index in [0.717, 1.165) is 45.1 Å². The van der Waals surface area contributed by atoms with Crippen molar-refractivity contribution >= 4 is 5.91 Å². The first-order chi connectivity index (χ1) is 12.2. The number of likely N-dealkylation sites (tertiary alicyclic amines) is 1. The second-order valence-electron chi connectivity index (χ2n) is 7.98. The van der Waals surface area contributed by atoms with E-state index in [0.29, 0.717) is 18.3 Å². The number of hydrogen-bond acceptors (Lipinski definition) is 4. The zero-order valence-corrected chi connectivity index (χ0v) is 15.0. The van der Waals surface area contributed by atoms with Crippen LogP contribution in [0.15, 0.2) is 24.3 Å². The van der Waals surface area contributed by atoms with Crippen LogP contribution >= 0.6 is 0 Å². The largest absolute Gasteiger partial charge is 0.496 e. The number of carbonyl (C=O) groups is 1. The van der Waals surface area contributed by atoms with Crippen LogP contribution in [0.3, 0.4) is 0 Å². The predicted molar refractivity (Wildman–Crippen MR) is 95.4 cm³/mol. The lowest BCUT2D eigenvalue weighted by atomic mass is 9.81. The van der Waals surface area contributed by atoms with Crippen molar-refractivity contribution in [3.8, 4) is 5.75 Å². The predicted octanol–water partition coefficient (Wildman–Crippen LogP) is 2.06. The summed E-state index contributed by atoms with van der Waals surface area (Å²) in [7, 11) is 1.72. The molecule has 4 rings (SSSR count). The number of amides is 1. The molecule has 136 valence electrons. The van der Waals surface area contributed by atoms with E-state index in [4.69, 9.17) is 9.47 Å². The number of ether oxygens (including phenoxy) is 2. The lowest BCUT2D eigenvalue weighted by Crippen LogP contribution is -2.43.